The minimum atomic E-state index is -0.442. The maximum absolute atomic E-state index is 13.4. The molecule has 0 spiro atoms. The molecule has 5 heteroatoms. The number of rotatable bonds is 4. The summed E-state index contributed by atoms with van der Waals surface area (Å²) >= 11 is 0. The number of halogens is 1. The van der Waals surface area contributed by atoms with Crippen molar-refractivity contribution in [3.8, 4) is 5.75 Å². The number of hydrogen-bond acceptors (Lipinski definition) is 4. The van der Waals surface area contributed by atoms with Gasteiger partial charge in [0.15, 0.2) is 11.3 Å². The van der Waals surface area contributed by atoms with Crippen molar-refractivity contribution in [1.29, 1.82) is 0 Å². The number of nitrogens with zero attached hydrogens (tertiary/aromatic N) is 1. The molecule has 120 valence electrons. The van der Waals surface area contributed by atoms with Gasteiger partial charge in [0.2, 0.25) is 5.43 Å². The Bertz CT molecular complexity index is 931. The lowest BCUT2D eigenvalue weighted by Crippen LogP contribution is -2.19. The van der Waals surface area contributed by atoms with E-state index < -0.39 is 5.82 Å². The molecule has 0 fully saturated rings. The highest BCUT2D eigenvalue weighted by Gasteiger charge is 2.13. The Hall–Kier alpha value is -2.40. The van der Waals surface area contributed by atoms with Crippen LogP contribution in [0.5, 0.6) is 5.75 Å². The first-order valence-electron chi connectivity index (χ1n) is 7.40. The van der Waals surface area contributed by atoms with Gasteiger partial charge in [-0.25, -0.2) is 4.39 Å². The maximum atomic E-state index is 13.4. The van der Waals surface area contributed by atoms with Crippen molar-refractivity contribution in [2.45, 2.75) is 6.92 Å². The van der Waals surface area contributed by atoms with E-state index in [9.17, 15) is 9.18 Å². The van der Waals surface area contributed by atoms with Gasteiger partial charge in [-0.05, 0) is 50.8 Å². The molecular formula is C18H18FNO3. The predicted molar refractivity (Wildman–Crippen MR) is 88.7 cm³/mol. The van der Waals surface area contributed by atoms with Crippen molar-refractivity contribution in [2.75, 3.05) is 27.2 Å². The van der Waals surface area contributed by atoms with Gasteiger partial charge in [0.1, 0.15) is 18.0 Å². The molecule has 1 heterocycles. The first-order chi connectivity index (χ1) is 11.0. The van der Waals surface area contributed by atoms with Gasteiger partial charge in [0.25, 0.3) is 0 Å². The molecule has 3 aromatic rings. The molecule has 0 amide bonds. The second-order valence-electron chi connectivity index (χ2n) is 5.86. The first kappa shape index (κ1) is 15.5. The van der Waals surface area contributed by atoms with Gasteiger partial charge in [-0.1, -0.05) is 0 Å². The highest BCUT2D eigenvalue weighted by molar-refractivity contribution is 5.92. The van der Waals surface area contributed by atoms with Gasteiger partial charge < -0.3 is 14.1 Å². The molecule has 4 nitrogen and oxygen atoms in total. The highest BCUT2D eigenvalue weighted by Crippen LogP contribution is 2.29. The molecule has 0 aliphatic rings. The van der Waals surface area contributed by atoms with Crippen LogP contribution in [0.4, 0.5) is 4.39 Å². The van der Waals surface area contributed by atoms with Crippen LogP contribution < -0.4 is 10.2 Å². The lowest BCUT2D eigenvalue weighted by Gasteiger charge is -2.13. The molecule has 23 heavy (non-hydrogen) atoms. The van der Waals surface area contributed by atoms with Crippen LogP contribution in [-0.4, -0.2) is 32.1 Å². The van der Waals surface area contributed by atoms with Crippen molar-refractivity contribution in [3.63, 3.8) is 0 Å². The van der Waals surface area contributed by atoms with Crippen LogP contribution in [0.3, 0.4) is 0 Å². The van der Waals surface area contributed by atoms with E-state index in [0.29, 0.717) is 28.7 Å². The first-order valence-corrected chi connectivity index (χ1v) is 7.40. The van der Waals surface area contributed by atoms with Gasteiger partial charge in [-0.15, -0.1) is 0 Å². The fraction of sp³-hybridized carbons (Fsp3) is 0.278. The Labute approximate surface area is 133 Å². The molecule has 3 rings (SSSR count). The quantitative estimate of drug-likeness (QED) is 0.693. The molecule has 0 bridgehead atoms. The van der Waals surface area contributed by atoms with Gasteiger partial charge in [0, 0.05) is 12.6 Å². The Kier molecular flexibility index (Phi) is 4.05. The summed E-state index contributed by atoms with van der Waals surface area (Å²) in [4.78, 5) is 14.6. The van der Waals surface area contributed by atoms with Gasteiger partial charge in [0.05, 0.1) is 10.8 Å². The van der Waals surface area contributed by atoms with Crippen LogP contribution in [0.1, 0.15) is 5.56 Å². The van der Waals surface area contributed by atoms with Crippen LogP contribution in [0.2, 0.25) is 0 Å². The Morgan fingerprint density at radius 2 is 1.96 bits per heavy atom. The molecule has 0 aliphatic heterocycles. The van der Waals surface area contributed by atoms with E-state index in [-0.39, 0.29) is 11.0 Å². The number of aryl methyl sites for hydroxylation is 1. The number of benzene rings is 2. The van der Waals surface area contributed by atoms with Crippen LogP contribution in [0.25, 0.3) is 21.9 Å². The minimum Gasteiger partial charge on any atom is -0.488 e. The summed E-state index contributed by atoms with van der Waals surface area (Å²) in [6, 6.07) is 7.52. The van der Waals surface area contributed by atoms with Gasteiger partial charge in [-0.2, -0.15) is 0 Å². The molecule has 0 radical (unpaired) electrons. The third kappa shape index (κ3) is 3.05. The molecule has 0 atom stereocenters. The van der Waals surface area contributed by atoms with Crippen LogP contribution in [0.15, 0.2) is 39.5 Å². The zero-order valence-electron chi connectivity index (χ0n) is 13.4. The zero-order valence-corrected chi connectivity index (χ0v) is 13.4. The minimum absolute atomic E-state index is 0.178. The van der Waals surface area contributed by atoms with Crippen molar-refractivity contribution < 1.29 is 13.5 Å². The number of fused-ring (bicyclic) bond motifs is 2. The average Bonchev–Trinajstić information content (AvgIpc) is 2.48. The maximum Gasteiger partial charge on any atom is 0.200 e. The van der Waals surface area contributed by atoms with Crippen LogP contribution in [-0.2, 0) is 0 Å². The summed E-state index contributed by atoms with van der Waals surface area (Å²) in [5, 5.41) is 0.813. The Morgan fingerprint density at radius 3 is 2.70 bits per heavy atom. The monoisotopic (exact) mass is 315 g/mol. The van der Waals surface area contributed by atoms with E-state index in [1.165, 1.54) is 18.2 Å². The normalized spacial score (nSPS) is 11.5. The smallest absolute Gasteiger partial charge is 0.200 e. The number of hydrogen-bond donors (Lipinski definition) is 0. The van der Waals surface area contributed by atoms with E-state index in [0.717, 1.165) is 12.1 Å². The largest absolute Gasteiger partial charge is 0.488 e. The molecule has 1 aromatic heterocycles. The summed E-state index contributed by atoms with van der Waals surface area (Å²) < 4.78 is 25.0. The Morgan fingerprint density at radius 1 is 1.17 bits per heavy atom. The second-order valence-corrected chi connectivity index (χ2v) is 5.86. The van der Waals surface area contributed by atoms with E-state index in [1.807, 2.05) is 32.0 Å². The van der Waals surface area contributed by atoms with E-state index in [1.54, 1.807) is 6.07 Å². The predicted octanol–water partition coefficient (Wildman–Crippen LogP) is 3.33. The summed E-state index contributed by atoms with van der Waals surface area (Å²) in [6.07, 6.45) is 0. The fourth-order valence-electron chi connectivity index (χ4n) is 2.48. The van der Waals surface area contributed by atoms with E-state index in [4.69, 9.17) is 9.15 Å². The lowest BCUT2D eigenvalue weighted by molar-refractivity contribution is 0.261. The highest BCUT2D eigenvalue weighted by atomic mass is 19.1. The van der Waals surface area contributed by atoms with Gasteiger partial charge in [-0.3, -0.25) is 4.79 Å². The molecule has 0 saturated carbocycles. The van der Waals surface area contributed by atoms with E-state index in [2.05, 4.69) is 0 Å². The summed E-state index contributed by atoms with van der Waals surface area (Å²) in [6.45, 7) is 3.10. The molecule has 0 unspecified atom stereocenters. The van der Waals surface area contributed by atoms with Crippen molar-refractivity contribution in [3.05, 3.63) is 51.9 Å². The number of likely N-dealkylation sites (N-methyl/N-ethyl adjacent to an activating group) is 1. The van der Waals surface area contributed by atoms with E-state index >= 15 is 0 Å². The average molecular weight is 315 g/mol. The standard InChI is InChI=1S/C18H18FNO3/c1-11-8-14-17(21)13-5-4-12(19)10-15(13)23-18(14)16(9-11)22-7-6-20(2)3/h4-5,8-10H,6-7H2,1-3H3. The molecule has 0 N–H and O–H groups in total. The van der Waals surface area contributed by atoms with Crippen molar-refractivity contribution in [1.82, 2.24) is 4.90 Å². The third-order valence-electron chi connectivity index (χ3n) is 3.64. The SMILES string of the molecule is Cc1cc(OCCN(C)C)c2oc3cc(F)ccc3c(=O)c2c1. The molecule has 2 aromatic carbocycles. The van der Waals surface area contributed by atoms with Crippen LogP contribution in [0, 0.1) is 12.7 Å². The van der Waals surface area contributed by atoms with Crippen molar-refractivity contribution >= 4 is 21.9 Å². The van der Waals surface area contributed by atoms with Gasteiger partial charge >= 0.3 is 0 Å². The van der Waals surface area contributed by atoms with Crippen molar-refractivity contribution in [2.24, 2.45) is 0 Å². The molecule has 0 aliphatic carbocycles. The summed E-state index contributed by atoms with van der Waals surface area (Å²) in [5.74, 6) is 0.0623. The number of ether oxygens (including phenoxy) is 1. The zero-order chi connectivity index (χ0) is 16.6. The summed E-state index contributed by atoms with van der Waals surface area (Å²) in [5.41, 5.74) is 1.31. The second kappa shape index (κ2) is 6.01. The lowest BCUT2D eigenvalue weighted by atomic mass is 10.1. The van der Waals surface area contributed by atoms with Crippen LogP contribution >= 0.6 is 0 Å². The topological polar surface area (TPSA) is 42.7 Å². The molecular weight excluding hydrogens is 297 g/mol. The summed E-state index contributed by atoms with van der Waals surface area (Å²) in [7, 11) is 3.90. The third-order valence-corrected chi connectivity index (χ3v) is 3.64. The molecule has 0 saturated heterocycles. The Balaban J connectivity index is 2.20. The fourth-order valence-corrected chi connectivity index (χ4v) is 2.48.